The second kappa shape index (κ2) is 2.60. The minimum atomic E-state index is -0.741. The Bertz CT molecular complexity index is 203. The highest BCUT2D eigenvalue weighted by Crippen LogP contribution is 2.29. The zero-order valence-corrected chi connectivity index (χ0v) is 7.00. The molecular weight excluding hydrogens is 144 g/mol. The Kier molecular flexibility index (Phi) is 1.93. The van der Waals surface area contributed by atoms with Gasteiger partial charge in [-0.25, -0.2) is 4.79 Å². The van der Waals surface area contributed by atoms with E-state index in [0.717, 1.165) is 0 Å². The number of hydrogen-bond donors (Lipinski definition) is 0. The molecule has 0 fully saturated rings. The van der Waals surface area contributed by atoms with E-state index in [-0.39, 0.29) is 11.9 Å². The van der Waals surface area contributed by atoms with Crippen molar-refractivity contribution in [2.24, 2.45) is 16.1 Å². The van der Waals surface area contributed by atoms with Crippen LogP contribution < -0.4 is 0 Å². The average molecular weight is 156 g/mol. The summed E-state index contributed by atoms with van der Waals surface area (Å²) in [6, 6.07) is 0. The zero-order valence-electron chi connectivity index (χ0n) is 7.00. The third-order valence-corrected chi connectivity index (χ3v) is 2.19. The quantitative estimate of drug-likeness (QED) is 0.532. The molecule has 1 aliphatic heterocycles. The minimum Gasteiger partial charge on any atom is -0.467 e. The summed E-state index contributed by atoms with van der Waals surface area (Å²) in [5.41, 5.74) is -0.741. The molecule has 0 aliphatic carbocycles. The minimum absolute atomic E-state index is 0.148. The number of hydrogen-bond acceptors (Lipinski definition) is 4. The molecule has 1 rings (SSSR count). The maximum Gasteiger partial charge on any atom is 0.335 e. The first-order valence-electron chi connectivity index (χ1n) is 3.58. The van der Waals surface area contributed by atoms with Crippen molar-refractivity contribution in [3.8, 4) is 0 Å². The lowest BCUT2D eigenvalue weighted by atomic mass is 9.89. The van der Waals surface area contributed by atoms with Gasteiger partial charge in [0.25, 0.3) is 0 Å². The van der Waals surface area contributed by atoms with Crippen molar-refractivity contribution in [2.75, 3.05) is 13.7 Å². The zero-order chi connectivity index (χ0) is 8.48. The summed E-state index contributed by atoms with van der Waals surface area (Å²) in [5.74, 6) is -0.152. The van der Waals surface area contributed by atoms with Crippen LogP contribution in [0, 0.1) is 5.92 Å². The van der Waals surface area contributed by atoms with Gasteiger partial charge in [0, 0.05) is 5.92 Å². The maximum atomic E-state index is 11.2. The van der Waals surface area contributed by atoms with E-state index in [4.69, 9.17) is 0 Å². The van der Waals surface area contributed by atoms with Gasteiger partial charge in [0.05, 0.1) is 13.7 Å². The van der Waals surface area contributed by atoms with E-state index in [9.17, 15) is 4.79 Å². The van der Waals surface area contributed by atoms with Gasteiger partial charge in [0.2, 0.25) is 0 Å². The SMILES string of the molecule is COC(=O)[C@@]1(C)N=NC[C@H]1C. The van der Waals surface area contributed by atoms with Crippen molar-refractivity contribution in [3.63, 3.8) is 0 Å². The predicted molar refractivity (Wildman–Crippen MR) is 39.3 cm³/mol. The Hall–Kier alpha value is -0.930. The van der Waals surface area contributed by atoms with Gasteiger partial charge in [-0.3, -0.25) is 0 Å². The van der Waals surface area contributed by atoms with Crippen molar-refractivity contribution >= 4 is 5.97 Å². The average Bonchev–Trinajstić information content (AvgIpc) is 2.32. The summed E-state index contributed by atoms with van der Waals surface area (Å²) in [7, 11) is 1.37. The smallest absolute Gasteiger partial charge is 0.335 e. The molecule has 1 aliphatic rings. The van der Waals surface area contributed by atoms with Gasteiger partial charge in [-0.1, -0.05) is 6.92 Å². The number of esters is 1. The normalized spacial score (nSPS) is 35.7. The van der Waals surface area contributed by atoms with Crippen LogP contribution in [0.25, 0.3) is 0 Å². The highest BCUT2D eigenvalue weighted by molar-refractivity contribution is 5.81. The molecule has 0 aromatic heterocycles. The largest absolute Gasteiger partial charge is 0.467 e. The summed E-state index contributed by atoms with van der Waals surface area (Å²) >= 11 is 0. The first-order chi connectivity index (χ1) is 5.11. The number of carbonyl (C=O) groups excluding carboxylic acids is 1. The van der Waals surface area contributed by atoms with E-state index in [2.05, 4.69) is 15.0 Å². The molecule has 0 saturated carbocycles. The second-order valence-electron chi connectivity index (χ2n) is 2.96. The van der Waals surface area contributed by atoms with E-state index in [1.54, 1.807) is 6.92 Å². The molecule has 62 valence electrons. The maximum absolute atomic E-state index is 11.2. The molecule has 0 aromatic rings. The third kappa shape index (κ3) is 1.13. The molecule has 2 atom stereocenters. The fourth-order valence-corrected chi connectivity index (χ4v) is 1.04. The van der Waals surface area contributed by atoms with Crippen molar-refractivity contribution < 1.29 is 9.53 Å². The number of nitrogens with zero attached hydrogens (tertiary/aromatic N) is 2. The summed E-state index contributed by atoms with van der Waals surface area (Å²) in [6.45, 7) is 4.31. The molecule has 0 bridgehead atoms. The Labute approximate surface area is 65.6 Å². The van der Waals surface area contributed by atoms with Crippen molar-refractivity contribution in [1.82, 2.24) is 0 Å². The number of carbonyl (C=O) groups is 1. The monoisotopic (exact) mass is 156 g/mol. The van der Waals surface area contributed by atoms with Crippen LogP contribution in [-0.4, -0.2) is 25.2 Å². The highest BCUT2D eigenvalue weighted by atomic mass is 16.5. The summed E-state index contributed by atoms with van der Waals surface area (Å²) < 4.78 is 4.61. The molecule has 4 nitrogen and oxygen atoms in total. The number of rotatable bonds is 1. The summed E-state index contributed by atoms with van der Waals surface area (Å²) in [6.07, 6.45) is 0. The topological polar surface area (TPSA) is 51.0 Å². The second-order valence-corrected chi connectivity index (χ2v) is 2.96. The van der Waals surface area contributed by atoms with Crippen LogP contribution in [-0.2, 0) is 9.53 Å². The number of azo groups is 1. The van der Waals surface area contributed by atoms with Gasteiger partial charge in [-0.15, -0.1) is 0 Å². The first-order valence-corrected chi connectivity index (χ1v) is 3.58. The third-order valence-electron chi connectivity index (χ3n) is 2.19. The molecular formula is C7H12N2O2. The first kappa shape index (κ1) is 8.17. The van der Waals surface area contributed by atoms with Crippen LogP contribution >= 0.6 is 0 Å². The van der Waals surface area contributed by atoms with E-state index >= 15 is 0 Å². The van der Waals surface area contributed by atoms with Crippen molar-refractivity contribution in [2.45, 2.75) is 19.4 Å². The predicted octanol–water partition coefficient (Wildman–Crippen LogP) is 1.02. The van der Waals surface area contributed by atoms with Crippen LogP contribution in [0.5, 0.6) is 0 Å². The van der Waals surface area contributed by atoms with Gasteiger partial charge < -0.3 is 4.74 Å². The molecule has 0 aromatic carbocycles. The van der Waals surface area contributed by atoms with Crippen LogP contribution in [0.3, 0.4) is 0 Å². The van der Waals surface area contributed by atoms with Crippen LogP contribution in [0.1, 0.15) is 13.8 Å². The van der Waals surface area contributed by atoms with E-state index in [1.165, 1.54) is 7.11 Å². The van der Waals surface area contributed by atoms with Gasteiger partial charge in [-0.2, -0.15) is 10.2 Å². The number of methoxy groups -OCH3 is 1. The van der Waals surface area contributed by atoms with E-state index in [0.29, 0.717) is 6.54 Å². The number of ether oxygens (including phenoxy) is 1. The highest BCUT2D eigenvalue weighted by Gasteiger charge is 2.43. The Balaban J connectivity index is 2.80. The molecule has 0 spiro atoms. The summed E-state index contributed by atoms with van der Waals surface area (Å²) in [4.78, 5) is 11.2. The summed E-state index contributed by atoms with van der Waals surface area (Å²) in [5, 5.41) is 7.68. The van der Waals surface area contributed by atoms with Gasteiger partial charge in [0.1, 0.15) is 0 Å². The van der Waals surface area contributed by atoms with Gasteiger partial charge in [-0.05, 0) is 6.92 Å². The molecule has 0 N–H and O–H groups in total. The van der Waals surface area contributed by atoms with Gasteiger partial charge >= 0.3 is 5.97 Å². The van der Waals surface area contributed by atoms with E-state index in [1.807, 2.05) is 6.92 Å². The molecule has 0 radical (unpaired) electrons. The van der Waals surface area contributed by atoms with Crippen LogP contribution in [0.15, 0.2) is 10.2 Å². The lowest BCUT2D eigenvalue weighted by molar-refractivity contribution is -0.147. The molecule has 11 heavy (non-hydrogen) atoms. The van der Waals surface area contributed by atoms with Crippen molar-refractivity contribution in [3.05, 3.63) is 0 Å². The van der Waals surface area contributed by atoms with Crippen molar-refractivity contribution in [1.29, 1.82) is 0 Å². The van der Waals surface area contributed by atoms with Gasteiger partial charge in [0.15, 0.2) is 5.54 Å². The molecule has 0 saturated heterocycles. The Morgan fingerprint density at radius 1 is 1.73 bits per heavy atom. The fourth-order valence-electron chi connectivity index (χ4n) is 1.04. The molecule has 0 amide bonds. The Morgan fingerprint density at radius 2 is 2.36 bits per heavy atom. The van der Waals surface area contributed by atoms with Crippen LogP contribution in [0.2, 0.25) is 0 Å². The molecule has 1 heterocycles. The lowest BCUT2D eigenvalue weighted by Crippen LogP contribution is -2.38. The van der Waals surface area contributed by atoms with E-state index < -0.39 is 5.54 Å². The molecule has 0 unspecified atom stereocenters. The molecule has 4 heteroatoms. The standard InChI is InChI=1S/C7H12N2O2/c1-5-4-8-9-7(5,2)6(10)11-3/h5H,4H2,1-3H3/t5-,7+/m1/s1. The fraction of sp³-hybridized carbons (Fsp3) is 0.857. The lowest BCUT2D eigenvalue weighted by Gasteiger charge is -2.20. The Morgan fingerprint density at radius 3 is 2.73 bits per heavy atom. The van der Waals surface area contributed by atoms with Crippen LogP contribution in [0.4, 0.5) is 0 Å².